The summed E-state index contributed by atoms with van der Waals surface area (Å²) in [6.45, 7) is 5.96. The fourth-order valence-corrected chi connectivity index (χ4v) is 3.20. The van der Waals surface area contributed by atoms with E-state index < -0.39 is 12.1 Å². The fraction of sp³-hybridized carbons (Fsp3) is 0.500. The average molecular weight is 382 g/mol. The smallest absolute Gasteiger partial charge is 0.348 e. The Labute approximate surface area is 154 Å². The van der Waals surface area contributed by atoms with Gasteiger partial charge in [-0.2, -0.15) is 18.2 Å². The zero-order valence-electron chi connectivity index (χ0n) is 15.1. The highest BCUT2D eigenvalue weighted by Crippen LogP contribution is 2.29. The standard InChI is InChI=1S/C18H21F3N4O2/c1-11(10-25-9-3-4-12(25)2)22-16(26)14-7-5-13(6-8-14)15-23-17(27-24-15)18(19,20)21/h5-8,11-12H,3-4,9-10H2,1-2H3,(H,22,26)/t11-,12-/m1/s1. The Bertz CT molecular complexity index is 789. The molecule has 146 valence electrons. The SMILES string of the molecule is C[C@H](CN1CCC[C@H]1C)NC(=O)c1ccc(-c2noc(C(F)(F)F)n2)cc1. The Balaban J connectivity index is 1.61. The predicted octanol–water partition coefficient (Wildman–Crippen LogP) is 3.36. The van der Waals surface area contributed by atoms with Crippen LogP contribution in [-0.4, -0.2) is 46.1 Å². The number of amides is 1. The molecule has 6 nitrogen and oxygen atoms in total. The van der Waals surface area contributed by atoms with Crippen molar-refractivity contribution < 1.29 is 22.5 Å². The number of benzene rings is 1. The zero-order chi connectivity index (χ0) is 19.6. The molecule has 2 atom stereocenters. The zero-order valence-corrected chi connectivity index (χ0v) is 15.1. The third-order valence-corrected chi connectivity index (χ3v) is 4.65. The van der Waals surface area contributed by atoms with E-state index in [0.29, 0.717) is 17.2 Å². The van der Waals surface area contributed by atoms with Crippen LogP contribution in [-0.2, 0) is 6.18 Å². The first-order valence-corrected chi connectivity index (χ1v) is 8.80. The molecule has 1 amide bonds. The van der Waals surface area contributed by atoms with Gasteiger partial charge in [-0.25, -0.2) is 0 Å². The lowest BCUT2D eigenvalue weighted by Gasteiger charge is -2.25. The van der Waals surface area contributed by atoms with Crippen LogP contribution in [0.15, 0.2) is 28.8 Å². The molecule has 1 aromatic heterocycles. The summed E-state index contributed by atoms with van der Waals surface area (Å²) in [5.41, 5.74) is 0.754. The van der Waals surface area contributed by atoms with Crippen molar-refractivity contribution in [3.05, 3.63) is 35.7 Å². The third kappa shape index (κ3) is 4.65. The van der Waals surface area contributed by atoms with E-state index in [-0.39, 0.29) is 17.8 Å². The van der Waals surface area contributed by atoms with Gasteiger partial charge in [-0.05, 0) is 45.4 Å². The van der Waals surface area contributed by atoms with Crippen LogP contribution in [0.1, 0.15) is 42.9 Å². The van der Waals surface area contributed by atoms with Crippen molar-refractivity contribution >= 4 is 5.91 Å². The topological polar surface area (TPSA) is 71.3 Å². The largest absolute Gasteiger partial charge is 0.471 e. The van der Waals surface area contributed by atoms with Crippen molar-refractivity contribution in [1.29, 1.82) is 0 Å². The molecule has 0 bridgehead atoms. The minimum atomic E-state index is -4.69. The second-order valence-electron chi connectivity index (χ2n) is 6.86. The summed E-state index contributed by atoms with van der Waals surface area (Å²) in [4.78, 5) is 18.0. The molecule has 0 aliphatic carbocycles. The van der Waals surface area contributed by atoms with Crippen LogP contribution in [0.5, 0.6) is 0 Å². The van der Waals surface area contributed by atoms with Crippen LogP contribution in [0.4, 0.5) is 13.2 Å². The summed E-state index contributed by atoms with van der Waals surface area (Å²) in [6.07, 6.45) is -2.34. The van der Waals surface area contributed by atoms with E-state index in [9.17, 15) is 18.0 Å². The molecule has 0 radical (unpaired) electrons. The second kappa shape index (κ2) is 7.67. The van der Waals surface area contributed by atoms with Crippen LogP contribution in [0, 0.1) is 0 Å². The Morgan fingerprint density at radius 2 is 2.07 bits per heavy atom. The number of hydrogen-bond acceptors (Lipinski definition) is 5. The van der Waals surface area contributed by atoms with E-state index >= 15 is 0 Å². The molecule has 1 N–H and O–H groups in total. The van der Waals surface area contributed by atoms with E-state index in [1.165, 1.54) is 37.1 Å². The van der Waals surface area contributed by atoms with Gasteiger partial charge in [-0.15, -0.1) is 0 Å². The van der Waals surface area contributed by atoms with Crippen molar-refractivity contribution in [1.82, 2.24) is 20.4 Å². The molecule has 27 heavy (non-hydrogen) atoms. The number of aromatic nitrogens is 2. The highest BCUT2D eigenvalue weighted by molar-refractivity contribution is 5.94. The van der Waals surface area contributed by atoms with Crippen LogP contribution in [0.25, 0.3) is 11.4 Å². The first kappa shape index (κ1) is 19.3. The van der Waals surface area contributed by atoms with E-state index in [4.69, 9.17) is 0 Å². The van der Waals surface area contributed by atoms with Crippen LogP contribution in [0.2, 0.25) is 0 Å². The molecule has 2 aromatic rings. The minimum absolute atomic E-state index is 0.00993. The van der Waals surface area contributed by atoms with Crippen molar-refractivity contribution in [3.8, 4) is 11.4 Å². The average Bonchev–Trinajstić information content (AvgIpc) is 3.24. The lowest BCUT2D eigenvalue weighted by atomic mass is 10.1. The predicted molar refractivity (Wildman–Crippen MR) is 91.9 cm³/mol. The summed E-state index contributed by atoms with van der Waals surface area (Å²) in [5, 5.41) is 6.28. The Kier molecular flexibility index (Phi) is 5.50. The van der Waals surface area contributed by atoms with Crippen LogP contribution < -0.4 is 5.32 Å². The van der Waals surface area contributed by atoms with Gasteiger partial charge in [-0.3, -0.25) is 9.69 Å². The summed E-state index contributed by atoms with van der Waals surface area (Å²) in [7, 11) is 0. The van der Waals surface area contributed by atoms with Gasteiger partial charge in [0, 0.05) is 29.8 Å². The molecule has 1 aliphatic rings. The van der Waals surface area contributed by atoms with Gasteiger partial charge in [0.05, 0.1) is 0 Å². The van der Waals surface area contributed by atoms with Gasteiger partial charge in [0.1, 0.15) is 0 Å². The van der Waals surface area contributed by atoms with Gasteiger partial charge >= 0.3 is 12.1 Å². The van der Waals surface area contributed by atoms with Crippen molar-refractivity contribution in [2.45, 2.75) is 44.9 Å². The summed E-state index contributed by atoms with van der Waals surface area (Å²) in [5.74, 6) is -1.81. The maximum Gasteiger partial charge on any atom is 0.471 e. The molecular weight excluding hydrogens is 361 g/mol. The quantitative estimate of drug-likeness (QED) is 0.859. The van der Waals surface area contributed by atoms with Crippen LogP contribution >= 0.6 is 0 Å². The number of alkyl halides is 3. The number of carbonyl (C=O) groups excluding carboxylic acids is 1. The van der Waals surface area contributed by atoms with E-state index in [1.54, 1.807) is 0 Å². The van der Waals surface area contributed by atoms with E-state index in [0.717, 1.165) is 13.1 Å². The Morgan fingerprint density at radius 1 is 1.37 bits per heavy atom. The molecule has 0 unspecified atom stereocenters. The third-order valence-electron chi connectivity index (χ3n) is 4.65. The molecule has 1 fully saturated rings. The highest BCUT2D eigenvalue weighted by Gasteiger charge is 2.38. The van der Waals surface area contributed by atoms with Crippen LogP contribution in [0.3, 0.4) is 0 Å². The second-order valence-corrected chi connectivity index (χ2v) is 6.86. The monoisotopic (exact) mass is 382 g/mol. The van der Waals surface area contributed by atoms with Gasteiger partial charge < -0.3 is 9.84 Å². The molecule has 9 heteroatoms. The maximum absolute atomic E-state index is 12.5. The Morgan fingerprint density at radius 3 is 2.63 bits per heavy atom. The van der Waals surface area contributed by atoms with Gasteiger partial charge in [-0.1, -0.05) is 17.3 Å². The van der Waals surface area contributed by atoms with E-state index in [1.807, 2.05) is 6.92 Å². The lowest BCUT2D eigenvalue weighted by Crippen LogP contribution is -2.43. The van der Waals surface area contributed by atoms with Gasteiger partial charge in [0.15, 0.2) is 0 Å². The molecular formula is C18H21F3N4O2. The van der Waals surface area contributed by atoms with Gasteiger partial charge in [0.2, 0.25) is 5.82 Å². The Hall–Kier alpha value is -2.42. The number of nitrogens with zero attached hydrogens (tertiary/aromatic N) is 3. The highest BCUT2D eigenvalue weighted by atomic mass is 19.4. The summed E-state index contributed by atoms with van der Waals surface area (Å²) < 4.78 is 41.8. The molecule has 1 aromatic carbocycles. The molecule has 0 saturated carbocycles. The molecule has 1 aliphatic heterocycles. The van der Waals surface area contributed by atoms with Crippen molar-refractivity contribution in [2.24, 2.45) is 0 Å². The van der Waals surface area contributed by atoms with Crippen molar-refractivity contribution in [3.63, 3.8) is 0 Å². The summed E-state index contributed by atoms with van der Waals surface area (Å²) in [6, 6.07) is 6.56. The number of likely N-dealkylation sites (tertiary alicyclic amines) is 1. The first-order chi connectivity index (χ1) is 12.7. The summed E-state index contributed by atoms with van der Waals surface area (Å²) >= 11 is 0. The minimum Gasteiger partial charge on any atom is -0.348 e. The van der Waals surface area contributed by atoms with Crippen molar-refractivity contribution in [2.75, 3.05) is 13.1 Å². The normalized spacial score (nSPS) is 19.2. The molecule has 1 saturated heterocycles. The maximum atomic E-state index is 12.5. The molecule has 3 rings (SSSR count). The molecule has 2 heterocycles. The molecule has 0 spiro atoms. The fourth-order valence-electron chi connectivity index (χ4n) is 3.20. The number of rotatable bonds is 5. The number of hydrogen-bond donors (Lipinski definition) is 1. The number of halogens is 3. The first-order valence-electron chi connectivity index (χ1n) is 8.80. The van der Waals surface area contributed by atoms with Gasteiger partial charge in [0.25, 0.3) is 5.91 Å². The number of nitrogens with one attached hydrogen (secondary N) is 1. The lowest BCUT2D eigenvalue weighted by molar-refractivity contribution is -0.159. The van der Waals surface area contributed by atoms with E-state index in [2.05, 4.69) is 31.8 Å². The number of carbonyl (C=O) groups is 1.